The summed E-state index contributed by atoms with van der Waals surface area (Å²) in [4.78, 5) is 4.38. The van der Waals surface area contributed by atoms with Gasteiger partial charge in [0.05, 0.1) is 6.26 Å². The van der Waals surface area contributed by atoms with Gasteiger partial charge in [-0.3, -0.25) is 4.99 Å². The van der Waals surface area contributed by atoms with Crippen molar-refractivity contribution in [3.8, 4) is 0 Å². The van der Waals surface area contributed by atoms with E-state index in [1.54, 1.807) is 0 Å². The molecule has 0 spiro atoms. The van der Waals surface area contributed by atoms with E-state index in [0.29, 0.717) is 25.6 Å². The second-order valence-corrected chi connectivity index (χ2v) is 6.07. The summed E-state index contributed by atoms with van der Waals surface area (Å²) in [7, 11) is -3.09. The largest absolute Gasteiger partial charge is 0.357 e. The second kappa shape index (κ2) is 11.7. The van der Waals surface area contributed by atoms with Gasteiger partial charge in [0, 0.05) is 25.7 Å². The number of aliphatic imine (C=N–C) groups is 1. The average molecular weight is 406 g/mol. The molecule has 0 rings (SSSR count). The third-order valence-electron chi connectivity index (χ3n) is 2.31. The van der Waals surface area contributed by atoms with Crippen molar-refractivity contribution in [3.05, 3.63) is 0 Å². The Balaban J connectivity index is 0. The normalized spacial score (nSPS) is 13.6. The maximum atomic E-state index is 10.8. The van der Waals surface area contributed by atoms with Gasteiger partial charge in [-0.2, -0.15) is 0 Å². The summed E-state index contributed by atoms with van der Waals surface area (Å²) in [5.74, 6) is 0.784. The molecule has 0 radical (unpaired) electrons. The zero-order valence-electron chi connectivity index (χ0n) is 12.2. The van der Waals surface area contributed by atoms with Crippen molar-refractivity contribution in [2.24, 2.45) is 4.99 Å². The highest BCUT2D eigenvalue weighted by Gasteiger charge is 2.02. The zero-order valence-corrected chi connectivity index (χ0v) is 15.3. The van der Waals surface area contributed by atoms with Crippen molar-refractivity contribution < 1.29 is 8.42 Å². The molecule has 0 amide bonds. The summed E-state index contributed by atoms with van der Waals surface area (Å²) >= 11 is 0. The summed E-state index contributed by atoms with van der Waals surface area (Å²) < 4.78 is 24.1. The molecule has 116 valence electrons. The van der Waals surface area contributed by atoms with Crippen LogP contribution in [0.15, 0.2) is 4.99 Å². The second-order valence-electron chi connectivity index (χ2n) is 4.23. The first-order chi connectivity index (χ1) is 8.39. The molecule has 0 aromatic rings. The minimum Gasteiger partial charge on any atom is -0.357 e. The van der Waals surface area contributed by atoms with Gasteiger partial charge in [-0.05, 0) is 26.7 Å². The number of guanidine groups is 1. The Morgan fingerprint density at radius 2 is 1.95 bits per heavy atom. The summed E-state index contributed by atoms with van der Waals surface area (Å²) in [6.07, 6.45) is 2.87. The Labute approximate surface area is 134 Å². The van der Waals surface area contributed by atoms with Crippen LogP contribution in [0.1, 0.15) is 33.6 Å². The van der Waals surface area contributed by atoms with Gasteiger partial charge in [-0.1, -0.05) is 6.92 Å². The topological polar surface area (TPSA) is 82.6 Å². The first-order valence-electron chi connectivity index (χ1n) is 6.38. The standard InChI is InChI=1S/C11H26N4O2S.HI/c1-5-10(3)15-11(12-6-2)13-8-7-9-14-18(4,16)17;/h10,14H,5-9H2,1-4H3,(H2,12,13,15);1H. The van der Waals surface area contributed by atoms with E-state index in [1.165, 1.54) is 0 Å². The lowest BCUT2D eigenvalue weighted by Crippen LogP contribution is -2.42. The molecule has 0 aliphatic carbocycles. The number of nitrogens with zero attached hydrogens (tertiary/aromatic N) is 1. The van der Waals surface area contributed by atoms with Gasteiger partial charge in [0.2, 0.25) is 10.0 Å². The van der Waals surface area contributed by atoms with Gasteiger partial charge >= 0.3 is 0 Å². The lowest BCUT2D eigenvalue weighted by atomic mass is 10.3. The van der Waals surface area contributed by atoms with E-state index in [0.717, 1.165) is 25.2 Å². The number of hydrogen-bond donors (Lipinski definition) is 3. The smallest absolute Gasteiger partial charge is 0.208 e. The maximum Gasteiger partial charge on any atom is 0.208 e. The van der Waals surface area contributed by atoms with Crippen molar-refractivity contribution >= 4 is 40.0 Å². The Bertz CT molecular complexity index is 347. The minimum atomic E-state index is -3.09. The van der Waals surface area contributed by atoms with E-state index < -0.39 is 10.0 Å². The zero-order chi connectivity index (χ0) is 14.0. The van der Waals surface area contributed by atoms with Crippen molar-refractivity contribution in [1.82, 2.24) is 15.4 Å². The molecule has 1 unspecified atom stereocenters. The highest BCUT2D eigenvalue weighted by Crippen LogP contribution is 1.88. The number of halogens is 1. The predicted molar refractivity (Wildman–Crippen MR) is 91.7 cm³/mol. The number of rotatable bonds is 8. The monoisotopic (exact) mass is 406 g/mol. The molecule has 0 heterocycles. The first kappa shape index (κ1) is 21.2. The van der Waals surface area contributed by atoms with E-state index in [2.05, 4.69) is 34.2 Å². The van der Waals surface area contributed by atoms with Crippen molar-refractivity contribution in [3.63, 3.8) is 0 Å². The fraction of sp³-hybridized carbons (Fsp3) is 0.909. The molecule has 19 heavy (non-hydrogen) atoms. The van der Waals surface area contributed by atoms with Crippen LogP contribution in [0.5, 0.6) is 0 Å². The molecule has 0 saturated heterocycles. The molecule has 8 heteroatoms. The molecule has 0 aliphatic rings. The van der Waals surface area contributed by atoms with Gasteiger partial charge < -0.3 is 10.6 Å². The van der Waals surface area contributed by atoms with Gasteiger partial charge in [0.25, 0.3) is 0 Å². The minimum absolute atomic E-state index is 0. The molecular weight excluding hydrogens is 379 g/mol. The molecule has 0 saturated carbocycles. The summed E-state index contributed by atoms with van der Waals surface area (Å²) in [6.45, 7) is 8.04. The van der Waals surface area contributed by atoms with Crippen molar-refractivity contribution in [2.45, 2.75) is 39.7 Å². The molecule has 0 aromatic carbocycles. The molecule has 6 nitrogen and oxygen atoms in total. The summed E-state index contributed by atoms with van der Waals surface area (Å²) in [5, 5.41) is 6.43. The quantitative estimate of drug-likeness (QED) is 0.242. The van der Waals surface area contributed by atoms with E-state index in [1.807, 2.05) is 6.92 Å². The van der Waals surface area contributed by atoms with Crippen LogP contribution < -0.4 is 15.4 Å². The number of nitrogens with one attached hydrogen (secondary N) is 3. The van der Waals surface area contributed by atoms with Crippen LogP contribution in [0.25, 0.3) is 0 Å². The Morgan fingerprint density at radius 3 is 2.42 bits per heavy atom. The van der Waals surface area contributed by atoms with Crippen molar-refractivity contribution in [1.29, 1.82) is 0 Å². The Morgan fingerprint density at radius 1 is 1.32 bits per heavy atom. The fourth-order valence-corrected chi connectivity index (χ4v) is 1.70. The number of sulfonamides is 1. The van der Waals surface area contributed by atoms with E-state index >= 15 is 0 Å². The number of hydrogen-bond acceptors (Lipinski definition) is 3. The molecule has 0 fully saturated rings. The predicted octanol–water partition coefficient (Wildman–Crippen LogP) is 0.897. The van der Waals surface area contributed by atoms with Crippen LogP contribution >= 0.6 is 24.0 Å². The SMILES string of the molecule is CCNC(=NCCCNS(C)(=O)=O)NC(C)CC.I. The molecule has 3 N–H and O–H groups in total. The third-order valence-corrected chi connectivity index (χ3v) is 3.04. The van der Waals surface area contributed by atoms with Gasteiger partial charge in [0.1, 0.15) is 0 Å². The first-order valence-corrected chi connectivity index (χ1v) is 8.27. The maximum absolute atomic E-state index is 10.8. The lowest BCUT2D eigenvalue weighted by Gasteiger charge is -2.16. The van der Waals surface area contributed by atoms with Crippen LogP contribution in [0.3, 0.4) is 0 Å². The molecule has 0 bridgehead atoms. The third kappa shape index (κ3) is 14.1. The summed E-state index contributed by atoms with van der Waals surface area (Å²) in [5.41, 5.74) is 0. The molecular formula is C11H27IN4O2S. The van der Waals surface area contributed by atoms with Crippen LogP contribution in [0.2, 0.25) is 0 Å². The fourth-order valence-electron chi connectivity index (χ4n) is 1.18. The average Bonchev–Trinajstić information content (AvgIpc) is 2.27. The van der Waals surface area contributed by atoms with Gasteiger partial charge in [-0.15, -0.1) is 24.0 Å². The van der Waals surface area contributed by atoms with Crippen LogP contribution in [0, 0.1) is 0 Å². The van der Waals surface area contributed by atoms with Gasteiger partial charge in [-0.25, -0.2) is 13.1 Å². The molecule has 0 aromatic heterocycles. The molecule has 1 atom stereocenters. The van der Waals surface area contributed by atoms with Gasteiger partial charge in [0.15, 0.2) is 5.96 Å². The lowest BCUT2D eigenvalue weighted by molar-refractivity contribution is 0.585. The van der Waals surface area contributed by atoms with Crippen LogP contribution in [-0.2, 0) is 10.0 Å². The van der Waals surface area contributed by atoms with Crippen molar-refractivity contribution in [2.75, 3.05) is 25.9 Å². The van der Waals surface area contributed by atoms with E-state index in [-0.39, 0.29) is 24.0 Å². The Hall–Kier alpha value is -0.0900. The highest BCUT2D eigenvalue weighted by molar-refractivity contribution is 14.0. The van der Waals surface area contributed by atoms with Crippen LogP contribution in [0.4, 0.5) is 0 Å². The summed E-state index contributed by atoms with van der Waals surface area (Å²) in [6, 6.07) is 0.372. The van der Waals surface area contributed by atoms with E-state index in [9.17, 15) is 8.42 Å². The van der Waals surface area contributed by atoms with E-state index in [4.69, 9.17) is 0 Å². The Kier molecular flexibility index (Phi) is 13.1. The van der Waals surface area contributed by atoms with Crippen LogP contribution in [-0.4, -0.2) is 46.3 Å². The highest BCUT2D eigenvalue weighted by atomic mass is 127. The molecule has 0 aliphatic heterocycles.